The lowest BCUT2D eigenvalue weighted by Crippen LogP contribution is -2.35. The Hall–Kier alpha value is -1.62. The lowest BCUT2D eigenvalue weighted by atomic mass is 10.2. The Morgan fingerprint density at radius 1 is 1.53 bits per heavy atom. The van der Waals surface area contributed by atoms with Gasteiger partial charge in [0.2, 0.25) is 5.88 Å². The van der Waals surface area contributed by atoms with Crippen molar-refractivity contribution in [3.05, 3.63) is 23.9 Å². The van der Waals surface area contributed by atoms with Crippen LogP contribution < -0.4 is 4.74 Å². The van der Waals surface area contributed by atoms with E-state index >= 15 is 0 Å². The average Bonchev–Trinajstić information content (AvgIpc) is 3.19. The molecule has 0 unspecified atom stereocenters. The van der Waals surface area contributed by atoms with Gasteiger partial charge in [-0.3, -0.25) is 4.79 Å². The quantitative estimate of drug-likeness (QED) is 0.845. The molecule has 0 saturated heterocycles. The van der Waals surface area contributed by atoms with Crippen LogP contribution in [0.3, 0.4) is 0 Å². The zero-order valence-corrected chi connectivity index (χ0v) is 11.4. The fourth-order valence-electron chi connectivity index (χ4n) is 1.93. The van der Waals surface area contributed by atoms with Crippen molar-refractivity contribution in [2.45, 2.75) is 38.8 Å². The fourth-order valence-corrected chi connectivity index (χ4v) is 1.93. The van der Waals surface area contributed by atoms with E-state index in [-0.39, 0.29) is 24.7 Å². The summed E-state index contributed by atoms with van der Waals surface area (Å²) in [5.74, 6) is 0.451. The zero-order chi connectivity index (χ0) is 13.8. The Morgan fingerprint density at radius 2 is 2.26 bits per heavy atom. The Labute approximate surface area is 113 Å². The predicted octanol–water partition coefficient (Wildman–Crippen LogP) is 1.47. The lowest BCUT2D eigenvalue weighted by molar-refractivity contribution is 0.0707. The maximum absolute atomic E-state index is 12.3. The van der Waals surface area contributed by atoms with Crippen LogP contribution >= 0.6 is 0 Å². The van der Waals surface area contributed by atoms with Crippen molar-refractivity contribution in [3.63, 3.8) is 0 Å². The summed E-state index contributed by atoms with van der Waals surface area (Å²) in [5, 5.41) is 9.02. The van der Waals surface area contributed by atoms with Crippen LogP contribution in [0, 0.1) is 0 Å². The second-order valence-corrected chi connectivity index (χ2v) is 5.01. The van der Waals surface area contributed by atoms with Crippen molar-refractivity contribution in [1.82, 2.24) is 9.88 Å². The molecule has 1 saturated carbocycles. The number of hydrogen-bond donors (Lipinski definition) is 1. The molecule has 1 aliphatic carbocycles. The molecule has 0 atom stereocenters. The number of pyridine rings is 1. The molecule has 1 aromatic rings. The minimum atomic E-state index is -0.0693. The molecule has 0 aromatic carbocycles. The number of amides is 1. The highest BCUT2D eigenvalue weighted by atomic mass is 16.5. The van der Waals surface area contributed by atoms with Gasteiger partial charge in [-0.05, 0) is 32.8 Å². The summed E-state index contributed by atoms with van der Waals surface area (Å²) in [5.41, 5.74) is 0.538. The van der Waals surface area contributed by atoms with Gasteiger partial charge in [0.25, 0.3) is 5.91 Å². The Bertz CT molecular complexity index is 427. The summed E-state index contributed by atoms with van der Waals surface area (Å²) in [7, 11) is 0. The van der Waals surface area contributed by atoms with Gasteiger partial charge in [-0.1, -0.05) is 0 Å². The molecule has 5 nitrogen and oxygen atoms in total. The maximum atomic E-state index is 12.3. The minimum absolute atomic E-state index is 0.00971. The van der Waals surface area contributed by atoms with Gasteiger partial charge >= 0.3 is 0 Å². The van der Waals surface area contributed by atoms with Crippen molar-refractivity contribution in [1.29, 1.82) is 0 Å². The molecule has 5 heteroatoms. The van der Waals surface area contributed by atoms with E-state index < -0.39 is 0 Å². The van der Waals surface area contributed by atoms with Crippen LogP contribution in [-0.4, -0.2) is 46.2 Å². The van der Waals surface area contributed by atoms with Crippen LogP contribution in [0.25, 0.3) is 0 Å². The third-order valence-corrected chi connectivity index (χ3v) is 2.93. The largest absolute Gasteiger partial charge is 0.475 e. The fraction of sp³-hybridized carbons (Fsp3) is 0.571. The standard InChI is InChI=1S/C14H20N2O3/c1-10(2)19-13-6-3-11(9-15-13)14(18)16(7-8-17)12-4-5-12/h3,6,9-10,12,17H,4-5,7-8H2,1-2H3. The number of aliphatic hydroxyl groups excluding tert-OH is 1. The Kier molecular flexibility index (Phi) is 4.37. The Morgan fingerprint density at radius 3 is 2.74 bits per heavy atom. The molecule has 1 amide bonds. The molecule has 1 fully saturated rings. The van der Waals surface area contributed by atoms with Crippen molar-refractivity contribution in [2.24, 2.45) is 0 Å². The average molecular weight is 264 g/mol. The van der Waals surface area contributed by atoms with Crippen LogP contribution in [0.15, 0.2) is 18.3 Å². The smallest absolute Gasteiger partial charge is 0.255 e. The molecule has 0 bridgehead atoms. The van der Waals surface area contributed by atoms with Crippen LogP contribution in [0.2, 0.25) is 0 Å². The van der Waals surface area contributed by atoms with E-state index in [0.717, 1.165) is 12.8 Å². The molecule has 19 heavy (non-hydrogen) atoms. The van der Waals surface area contributed by atoms with Gasteiger partial charge in [0.15, 0.2) is 0 Å². The molecular weight excluding hydrogens is 244 g/mol. The number of rotatable bonds is 6. The van der Waals surface area contributed by atoms with Crippen molar-refractivity contribution >= 4 is 5.91 Å². The van der Waals surface area contributed by atoms with Crippen LogP contribution in [0.5, 0.6) is 5.88 Å². The molecule has 2 rings (SSSR count). The molecule has 0 aliphatic heterocycles. The number of ether oxygens (including phenoxy) is 1. The first-order chi connectivity index (χ1) is 9.11. The van der Waals surface area contributed by atoms with Crippen molar-refractivity contribution in [3.8, 4) is 5.88 Å². The highest BCUT2D eigenvalue weighted by molar-refractivity contribution is 5.94. The second kappa shape index (κ2) is 6.02. The van der Waals surface area contributed by atoms with Gasteiger partial charge in [0.05, 0.1) is 18.3 Å². The zero-order valence-electron chi connectivity index (χ0n) is 11.4. The van der Waals surface area contributed by atoms with Crippen LogP contribution in [0.1, 0.15) is 37.0 Å². The molecule has 0 radical (unpaired) electrons. The van der Waals surface area contributed by atoms with Crippen LogP contribution in [-0.2, 0) is 0 Å². The number of aromatic nitrogens is 1. The topological polar surface area (TPSA) is 62.7 Å². The molecule has 0 spiro atoms. The van der Waals surface area contributed by atoms with E-state index in [9.17, 15) is 4.79 Å². The molecule has 1 heterocycles. The first kappa shape index (κ1) is 13.8. The summed E-state index contributed by atoms with van der Waals surface area (Å²) in [6, 6.07) is 3.71. The van der Waals surface area contributed by atoms with Gasteiger partial charge in [-0.25, -0.2) is 4.98 Å². The van der Waals surface area contributed by atoms with E-state index in [1.807, 2.05) is 13.8 Å². The SMILES string of the molecule is CC(C)Oc1ccc(C(=O)N(CCO)C2CC2)cn1. The van der Waals surface area contributed by atoms with Gasteiger partial charge in [0, 0.05) is 24.8 Å². The number of carbonyl (C=O) groups is 1. The molecule has 1 N–H and O–H groups in total. The van der Waals surface area contributed by atoms with Crippen molar-refractivity contribution in [2.75, 3.05) is 13.2 Å². The van der Waals surface area contributed by atoms with E-state index in [1.165, 1.54) is 6.20 Å². The number of carbonyl (C=O) groups excluding carboxylic acids is 1. The predicted molar refractivity (Wildman–Crippen MR) is 71.1 cm³/mol. The molecular formula is C14H20N2O3. The third-order valence-electron chi connectivity index (χ3n) is 2.93. The highest BCUT2D eigenvalue weighted by Gasteiger charge is 2.32. The summed E-state index contributed by atoms with van der Waals surface area (Å²) < 4.78 is 5.44. The van der Waals surface area contributed by atoms with E-state index in [0.29, 0.717) is 18.0 Å². The van der Waals surface area contributed by atoms with E-state index in [4.69, 9.17) is 9.84 Å². The Balaban J connectivity index is 2.05. The summed E-state index contributed by atoms with van der Waals surface area (Å²) in [4.78, 5) is 18.1. The van der Waals surface area contributed by atoms with Crippen molar-refractivity contribution < 1.29 is 14.6 Å². The normalized spacial score (nSPS) is 14.5. The monoisotopic (exact) mass is 264 g/mol. The second-order valence-electron chi connectivity index (χ2n) is 5.01. The maximum Gasteiger partial charge on any atom is 0.255 e. The summed E-state index contributed by atoms with van der Waals surface area (Å²) >= 11 is 0. The highest BCUT2D eigenvalue weighted by Crippen LogP contribution is 2.28. The number of aliphatic hydroxyl groups is 1. The van der Waals surface area contributed by atoms with E-state index in [1.54, 1.807) is 17.0 Å². The molecule has 1 aliphatic rings. The first-order valence-electron chi connectivity index (χ1n) is 6.66. The molecule has 1 aromatic heterocycles. The van der Waals surface area contributed by atoms with Gasteiger partial charge in [0.1, 0.15) is 0 Å². The third kappa shape index (κ3) is 3.67. The van der Waals surface area contributed by atoms with E-state index in [2.05, 4.69) is 4.98 Å². The summed E-state index contributed by atoms with van der Waals surface area (Å²) in [6.07, 6.45) is 3.64. The number of nitrogens with zero attached hydrogens (tertiary/aromatic N) is 2. The minimum Gasteiger partial charge on any atom is -0.475 e. The first-order valence-corrected chi connectivity index (χ1v) is 6.66. The van der Waals surface area contributed by atoms with Gasteiger partial charge in [-0.15, -0.1) is 0 Å². The summed E-state index contributed by atoms with van der Waals surface area (Å²) in [6.45, 7) is 4.23. The number of hydrogen-bond acceptors (Lipinski definition) is 4. The van der Waals surface area contributed by atoms with Gasteiger partial charge in [-0.2, -0.15) is 0 Å². The lowest BCUT2D eigenvalue weighted by Gasteiger charge is -2.21. The molecule has 104 valence electrons. The van der Waals surface area contributed by atoms with Crippen LogP contribution in [0.4, 0.5) is 0 Å². The van der Waals surface area contributed by atoms with Gasteiger partial charge < -0.3 is 14.7 Å².